The van der Waals surface area contributed by atoms with Gasteiger partial charge in [0.25, 0.3) is 0 Å². The summed E-state index contributed by atoms with van der Waals surface area (Å²) in [7, 11) is 2.36. The highest BCUT2D eigenvalue weighted by molar-refractivity contribution is 5.02. The van der Waals surface area contributed by atoms with Crippen LogP contribution in [0.25, 0.3) is 0 Å². The topological polar surface area (TPSA) is 6.48 Å². The van der Waals surface area contributed by atoms with Gasteiger partial charge in [0.2, 0.25) is 0 Å². The fourth-order valence-electron chi connectivity index (χ4n) is 4.99. The molecule has 2 unspecified atom stereocenters. The third-order valence-electron chi connectivity index (χ3n) is 6.90. The molecule has 0 N–H and O–H groups in total. The monoisotopic (exact) mass is 418 g/mol. The molecule has 0 amide bonds. The molecular formula is C28H54N2. The van der Waals surface area contributed by atoms with Crippen molar-refractivity contribution in [1.82, 2.24) is 9.80 Å². The summed E-state index contributed by atoms with van der Waals surface area (Å²) in [4.78, 5) is 5.29. The summed E-state index contributed by atoms with van der Waals surface area (Å²) < 4.78 is 0. The summed E-state index contributed by atoms with van der Waals surface area (Å²) in [6.45, 7) is 15.6. The minimum Gasteiger partial charge on any atom is -0.306 e. The van der Waals surface area contributed by atoms with Gasteiger partial charge in [-0.2, -0.15) is 0 Å². The van der Waals surface area contributed by atoms with Crippen LogP contribution in [0.2, 0.25) is 0 Å². The molecule has 2 atom stereocenters. The van der Waals surface area contributed by atoms with Crippen molar-refractivity contribution in [3.63, 3.8) is 0 Å². The quantitative estimate of drug-likeness (QED) is 0.192. The van der Waals surface area contributed by atoms with Crippen LogP contribution in [0.15, 0.2) is 0 Å². The summed E-state index contributed by atoms with van der Waals surface area (Å²) >= 11 is 0. The lowest BCUT2D eigenvalue weighted by atomic mass is 9.94. The van der Waals surface area contributed by atoms with E-state index in [9.17, 15) is 0 Å². The Bertz CT molecular complexity index is 441. The number of hydrogen-bond acceptors (Lipinski definition) is 2. The molecule has 1 fully saturated rings. The van der Waals surface area contributed by atoms with Crippen LogP contribution in [-0.4, -0.2) is 49.6 Å². The van der Waals surface area contributed by atoms with Gasteiger partial charge in [0.1, 0.15) is 0 Å². The molecule has 0 aromatic rings. The number of hydrogen-bond donors (Lipinski definition) is 0. The first kappa shape index (κ1) is 27.5. The molecule has 30 heavy (non-hydrogen) atoms. The predicted octanol–water partition coefficient (Wildman–Crippen LogP) is 7.24. The summed E-state index contributed by atoms with van der Waals surface area (Å²) in [5, 5.41) is 0. The normalized spacial score (nSPS) is 17.7. The van der Waals surface area contributed by atoms with Crippen molar-refractivity contribution < 1.29 is 0 Å². The molecule has 0 saturated carbocycles. The van der Waals surface area contributed by atoms with Gasteiger partial charge in [-0.05, 0) is 64.1 Å². The lowest BCUT2D eigenvalue weighted by molar-refractivity contribution is 0.146. The van der Waals surface area contributed by atoms with Crippen molar-refractivity contribution >= 4 is 0 Å². The van der Waals surface area contributed by atoms with Crippen LogP contribution in [0, 0.1) is 29.6 Å². The Hall–Kier alpha value is -0.520. The van der Waals surface area contributed by atoms with Gasteiger partial charge in [0, 0.05) is 32.0 Å². The Kier molecular flexibility index (Phi) is 16.6. The zero-order valence-electron chi connectivity index (χ0n) is 21.4. The van der Waals surface area contributed by atoms with Crippen LogP contribution in [0.1, 0.15) is 111 Å². The van der Waals surface area contributed by atoms with Gasteiger partial charge >= 0.3 is 0 Å². The maximum absolute atomic E-state index is 3.49. The van der Waals surface area contributed by atoms with Gasteiger partial charge in [-0.15, -0.1) is 11.8 Å². The van der Waals surface area contributed by atoms with E-state index in [1.165, 1.54) is 110 Å². The Labute approximate surface area is 190 Å². The fraction of sp³-hybridized carbons (Fsp3) is 0.929. The molecule has 1 saturated heterocycles. The highest BCUT2D eigenvalue weighted by atomic mass is 15.1. The molecular weight excluding hydrogens is 364 g/mol. The molecule has 0 aromatic carbocycles. The molecule has 1 rings (SSSR count). The van der Waals surface area contributed by atoms with Crippen molar-refractivity contribution in [2.24, 2.45) is 17.8 Å². The van der Waals surface area contributed by atoms with Crippen molar-refractivity contribution in [2.45, 2.75) is 111 Å². The van der Waals surface area contributed by atoms with Gasteiger partial charge in [-0.3, -0.25) is 0 Å². The lowest BCUT2D eigenvalue weighted by Crippen LogP contribution is -2.39. The number of rotatable bonds is 16. The second-order valence-corrected chi connectivity index (χ2v) is 10.1. The molecule has 0 aliphatic carbocycles. The highest BCUT2D eigenvalue weighted by Gasteiger charge is 2.21. The molecule has 2 nitrogen and oxygen atoms in total. The first-order chi connectivity index (χ1) is 14.6. The summed E-state index contributed by atoms with van der Waals surface area (Å²) in [6.07, 6.45) is 17.4. The largest absolute Gasteiger partial charge is 0.306 e. The molecule has 0 spiro atoms. The molecule has 1 heterocycles. The van der Waals surface area contributed by atoms with Gasteiger partial charge < -0.3 is 9.80 Å². The van der Waals surface area contributed by atoms with E-state index in [0.717, 1.165) is 18.3 Å². The van der Waals surface area contributed by atoms with Crippen LogP contribution >= 0.6 is 0 Å². The van der Waals surface area contributed by atoms with Crippen LogP contribution in [0.5, 0.6) is 0 Å². The number of unbranched alkanes of at least 4 members (excludes halogenated alkanes) is 4. The molecule has 1 aliphatic heterocycles. The van der Waals surface area contributed by atoms with Crippen LogP contribution in [0.3, 0.4) is 0 Å². The average Bonchev–Trinajstić information content (AvgIpc) is 2.74. The Morgan fingerprint density at radius 3 is 2.30 bits per heavy atom. The van der Waals surface area contributed by atoms with Crippen molar-refractivity contribution in [3.05, 3.63) is 0 Å². The highest BCUT2D eigenvalue weighted by Crippen LogP contribution is 2.21. The van der Waals surface area contributed by atoms with Crippen LogP contribution in [0.4, 0.5) is 0 Å². The minimum absolute atomic E-state index is 0.581. The molecule has 0 bridgehead atoms. The fourth-order valence-corrected chi connectivity index (χ4v) is 4.99. The Balaban J connectivity index is 2.17. The van der Waals surface area contributed by atoms with Crippen molar-refractivity contribution in [3.8, 4) is 11.8 Å². The second-order valence-electron chi connectivity index (χ2n) is 10.1. The zero-order chi connectivity index (χ0) is 22.0. The van der Waals surface area contributed by atoms with E-state index < -0.39 is 0 Å². The second kappa shape index (κ2) is 18.1. The first-order valence-corrected chi connectivity index (χ1v) is 13.5. The maximum atomic E-state index is 3.49. The first-order valence-electron chi connectivity index (χ1n) is 13.5. The van der Waals surface area contributed by atoms with E-state index in [1.807, 2.05) is 0 Å². The van der Waals surface area contributed by atoms with Gasteiger partial charge in [0.15, 0.2) is 0 Å². The summed E-state index contributed by atoms with van der Waals surface area (Å²) in [5.41, 5.74) is 0. The van der Waals surface area contributed by atoms with E-state index in [2.05, 4.69) is 56.4 Å². The number of nitrogens with zero attached hydrogens (tertiary/aromatic N) is 2. The third-order valence-corrected chi connectivity index (χ3v) is 6.90. The number of likely N-dealkylation sites (tertiary alicyclic amines) is 1. The minimum atomic E-state index is 0.581. The number of piperidine rings is 1. The van der Waals surface area contributed by atoms with E-state index in [1.54, 1.807) is 0 Å². The summed E-state index contributed by atoms with van der Waals surface area (Å²) in [5.74, 6) is 9.35. The van der Waals surface area contributed by atoms with E-state index in [0.29, 0.717) is 5.92 Å². The smallest absolute Gasteiger partial charge is 0.0217 e. The Morgan fingerprint density at radius 1 is 0.900 bits per heavy atom. The van der Waals surface area contributed by atoms with Gasteiger partial charge in [0.05, 0.1) is 0 Å². The molecule has 0 radical (unpaired) electrons. The van der Waals surface area contributed by atoms with E-state index in [4.69, 9.17) is 0 Å². The third kappa shape index (κ3) is 13.7. The standard InChI is InChI=1S/C28H54N2/c1-6-9-11-12-16-26(4)17-13-14-21-30-22-19-28(20-23-30)25-29(5)24-27(15-8-3)18-10-7-2/h26-28H,6-12,14-16,18-25H2,1-5H3. The van der Waals surface area contributed by atoms with Crippen molar-refractivity contribution in [1.29, 1.82) is 0 Å². The van der Waals surface area contributed by atoms with Crippen LogP contribution < -0.4 is 0 Å². The zero-order valence-corrected chi connectivity index (χ0v) is 21.4. The molecule has 1 aliphatic rings. The van der Waals surface area contributed by atoms with Crippen LogP contribution in [-0.2, 0) is 0 Å². The van der Waals surface area contributed by atoms with E-state index >= 15 is 0 Å². The van der Waals surface area contributed by atoms with Crippen molar-refractivity contribution in [2.75, 3.05) is 39.8 Å². The van der Waals surface area contributed by atoms with Gasteiger partial charge in [-0.1, -0.05) is 72.6 Å². The summed E-state index contributed by atoms with van der Waals surface area (Å²) in [6, 6.07) is 0. The molecule has 2 heteroatoms. The molecule has 176 valence electrons. The van der Waals surface area contributed by atoms with E-state index in [-0.39, 0.29) is 0 Å². The molecule has 0 aromatic heterocycles. The van der Waals surface area contributed by atoms with Gasteiger partial charge in [-0.25, -0.2) is 0 Å². The Morgan fingerprint density at radius 2 is 1.63 bits per heavy atom. The predicted molar refractivity (Wildman–Crippen MR) is 135 cm³/mol. The SMILES string of the molecule is CCCCCCC(C)C#CCCN1CCC(CN(C)CC(CCC)CCCC)CC1. The maximum Gasteiger partial charge on any atom is 0.0217 e. The average molecular weight is 419 g/mol. The lowest BCUT2D eigenvalue weighted by Gasteiger charge is -2.34.